The zero-order chi connectivity index (χ0) is 23.0. The van der Waals surface area contributed by atoms with Crippen LogP contribution in [0, 0.1) is 30.3 Å². The minimum absolute atomic E-state index is 0.0793. The molecule has 0 aromatic heterocycles. The van der Waals surface area contributed by atoms with E-state index in [1.54, 1.807) is 0 Å². The van der Waals surface area contributed by atoms with Crippen LogP contribution in [0.4, 0.5) is 11.4 Å². The van der Waals surface area contributed by atoms with Crippen LogP contribution in [0.3, 0.4) is 0 Å². The van der Waals surface area contributed by atoms with Gasteiger partial charge in [-0.2, -0.15) is 0 Å². The van der Waals surface area contributed by atoms with Gasteiger partial charge in [0.25, 0.3) is 17.1 Å². The third kappa shape index (κ3) is 3.81. The maximum atomic E-state index is 11.7. The normalized spacial score (nSPS) is 19.2. The molecular formula is C17H13N5O9. The Morgan fingerprint density at radius 3 is 2.39 bits per heavy atom. The lowest BCUT2D eigenvalue weighted by molar-refractivity contribution is -0.429. The number of rotatable bonds is 6. The predicted octanol–water partition coefficient (Wildman–Crippen LogP) is 1.74. The molecule has 14 heteroatoms. The molecule has 2 bridgehead atoms. The first kappa shape index (κ1) is 21.1. The van der Waals surface area contributed by atoms with Crippen molar-refractivity contribution in [1.29, 1.82) is 0 Å². The first-order valence-electron chi connectivity index (χ1n) is 8.50. The molecule has 0 fully saturated rings. The van der Waals surface area contributed by atoms with Gasteiger partial charge in [0.1, 0.15) is 11.6 Å². The lowest BCUT2D eigenvalue weighted by Gasteiger charge is -2.22. The summed E-state index contributed by atoms with van der Waals surface area (Å²) >= 11 is 0. The van der Waals surface area contributed by atoms with Crippen LogP contribution in [0.15, 0.2) is 52.5 Å². The lowest BCUT2D eigenvalue weighted by Crippen LogP contribution is -2.23. The molecular weight excluding hydrogens is 418 g/mol. The molecule has 0 radical (unpaired) electrons. The van der Waals surface area contributed by atoms with Crippen molar-refractivity contribution < 1.29 is 29.5 Å². The van der Waals surface area contributed by atoms with Gasteiger partial charge in [0.05, 0.1) is 26.4 Å². The van der Waals surface area contributed by atoms with Crippen molar-refractivity contribution in [2.75, 3.05) is 0 Å². The van der Waals surface area contributed by atoms with Crippen molar-refractivity contribution in [3.8, 4) is 0 Å². The Labute approximate surface area is 172 Å². The molecule has 2 aliphatic carbocycles. The van der Waals surface area contributed by atoms with E-state index in [2.05, 4.69) is 5.16 Å². The summed E-state index contributed by atoms with van der Waals surface area (Å²) in [6.45, 7) is 1.17. The number of non-ortho nitro benzene ring substituents is 1. The number of aliphatic carboxylic acids is 1. The van der Waals surface area contributed by atoms with Gasteiger partial charge in [0.15, 0.2) is 0 Å². The fourth-order valence-electron chi connectivity index (χ4n) is 3.18. The van der Waals surface area contributed by atoms with Gasteiger partial charge in [0, 0.05) is 29.0 Å². The number of nitro groups is 3. The molecule has 14 nitrogen and oxygen atoms in total. The van der Waals surface area contributed by atoms with E-state index in [1.807, 2.05) is 0 Å². The number of fused-ring (bicyclic) bond motifs is 3. The monoisotopic (exact) mass is 431 g/mol. The van der Waals surface area contributed by atoms with E-state index in [9.17, 15) is 35.1 Å². The van der Waals surface area contributed by atoms with Crippen LogP contribution in [0.5, 0.6) is 0 Å². The first-order chi connectivity index (χ1) is 14.5. The Morgan fingerprint density at radius 1 is 1.16 bits per heavy atom. The molecule has 2 aliphatic rings. The van der Waals surface area contributed by atoms with Crippen molar-refractivity contribution >= 4 is 23.1 Å². The van der Waals surface area contributed by atoms with E-state index in [-0.39, 0.29) is 28.1 Å². The summed E-state index contributed by atoms with van der Waals surface area (Å²) in [5.74, 6) is -2.63. The van der Waals surface area contributed by atoms with Crippen molar-refractivity contribution in [3.05, 3.63) is 88.8 Å². The van der Waals surface area contributed by atoms with E-state index < -0.39 is 49.8 Å². The summed E-state index contributed by atoms with van der Waals surface area (Å²) in [5.41, 5.74) is 3.37. The highest BCUT2D eigenvalue weighted by atomic mass is 16.7. The van der Waals surface area contributed by atoms with E-state index >= 15 is 0 Å². The molecule has 3 N–H and O–H groups in total. The van der Waals surface area contributed by atoms with Gasteiger partial charge in [-0.3, -0.25) is 30.3 Å². The third-order valence-corrected chi connectivity index (χ3v) is 4.55. The molecule has 0 aliphatic heterocycles. The van der Waals surface area contributed by atoms with Gasteiger partial charge >= 0.3 is 5.97 Å². The minimum atomic E-state index is -1.41. The zero-order valence-corrected chi connectivity index (χ0v) is 15.6. The van der Waals surface area contributed by atoms with Gasteiger partial charge in [-0.05, 0) is 13.0 Å². The van der Waals surface area contributed by atoms with Gasteiger partial charge in [-0.25, -0.2) is 4.79 Å². The van der Waals surface area contributed by atoms with Crippen LogP contribution < -0.4 is 5.73 Å². The van der Waals surface area contributed by atoms with Crippen molar-refractivity contribution in [2.24, 2.45) is 10.9 Å². The molecule has 3 rings (SSSR count). The molecule has 1 aromatic carbocycles. The third-order valence-electron chi connectivity index (χ3n) is 4.55. The van der Waals surface area contributed by atoms with Gasteiger partial charge < -0.3 is 15.7 Å². The average Bonchev–Trinajstić information content (AvgIpc) is 2.83. The fraction of sp³-hybridized carbons (Fsp3) is 0.176. The minimum Gasteiger partial charge on any atom is -0.478 e. The van der Waals surface area contributed by atoms with Crippen LogP contribution >= 0.6 is 0 Å². The number of carboxylic acid groups (broad SMARTS) is 1. The van der Waals surface area contributed by atoms with E-state index in [1.165, 1.54) is 19.1 Å². The van der Waals surface area contributed by atoms with E-state index in [4.69, 9.17) is 15.7 Å². The molecule has 160 valence electrons. The Hall–Kier alpha value is -4.62. The Balaban J connectivity index is 2.37. The second kappa shape index (κ2) is 7.66. The summed E-state index contributed by atoms with van der Waals surface area (Å²) in [5, 5.41) is 47.4. The summed E-state index contributed by atoms with van der Waals surface area (Å²) < 4.78 is 0. The SMILES string of the molecule is C[C@H](O/N=C1\C2=CC(C([N+](=O)[O-])=CC(N)=C2)c2c1cc([N+](=O)[O-])cc2[N+](=O)[O-])C(=O)O. The first-order valence-corrected chi connectivity index (χ1v) is 8.50. The number of benzene rings is 1. The number of hydrogen-bond acceptors (Lipinski definition) is 10. The number of nitro benzene ring substituents is 2. The summed E-state index contributed by atoms with van der Waals surface area (Å²) in [4.78, 5) is 48.1. The molecule has 31 heavy (non-hydrogen) atoms. The Bertz CT molecular complexity index is 1160. The summed E-state index contributed by atoms with van der Waals surface area (Å²) in [6, 6.07) is 1.65. The summed E-state index contributed by atoms with van der Waals surface area (Å²) in [7, 11) is 0. The van der Waals surface area contributed by atoms with Crippen molar-refractivity contribution in [2.45, 2.75) is 18.9 Å². The number of carbonyl (C=O) groups is 1. The number of oxime groups is 1. The molecule has 1 aromatic rings. The van der Waals surface area contributed by atoms with Gasteiger partial charge in [-0.1, -0.05) is 11.2 Å². The van der Waals surface area contributed by atoms with E-state index in [0.717, 1.165) is 12.1 Å². The molecule has 0 heterocycles. The molecule has 0 amide bonds. The van der Waals surface area contributed by atoms with E-state index in [0.29, 0.717) is 6.07 Å². The van der Waals surface area contributed by atoms with Crippen molar-refractivity contribution in [3.63, 3.8) is 0 Å². The topological polar surface area (TPSA) is 214 Å². The molecule has 0 spiro atoms. The number of hydrogen-bond donors (Lipinski definition) is 2. The summed E-state index contributed by atoms with van der Waals surface area (Å²) in [6.07, 6.45) is 2.16. The number of nitrogens with zero attached hydrogens (tertiary/aromatic N) is 4. The second-order valence-corrected chi connectivity index (χ2v) is 6.54. The Morgan fingerprint density at radius 2 is 1.84 bits per heavy atom. The maximum absolute atomic E-state index is 11.7. The predicted molar refractivity (Wildman–Crippen MR) is 103 cm³/mol. The number of nitrogens with two attached hydrogens (primary N) is 1. The lowest BCUT2D eigenvalue weighted by atomic mass is 9.80. The highest BCUT2D eigenvalue weighted by Gasteiger charge is 2.41. The van der Waals surface area contributed by atoms with Gasteiger partial charge in [-0.15, -0.1) is 0 Å². The maximum Gasteiger partial charge on any atom is 0.347 e. The largest absolute Gasteiger partial charge is 0.478 e. The molecule has 1 unspecified atom stereocenters. The van der Waals surface area contributed by atoms with Crippen LogP contribution in [0.1, 0.15) is 24.0 Å². The smallest absolute Gasteiger partial charge is 0.347 e. The quantitative estimate of drug-likeness (QED) is 0.491. The second-order valence-electron chi connectivity index (χ2n) is 6.54. The number of allylic oxidation sites excluding steroid dienone is 4. The van der Waals surface area contributed by atoms with Crippen LogP contribution in [0.2, 0.25) is 0 Å². The molecule has 0 saturated heterocycles. The Kier molecular flexibility index (Phi) is 5.21. The van der Waals surface area contributed by atoms with Crippen molar-refractivity contribution in [1.82, 2.24) is 0 Å². The van der Waals surface area contributed by atoms with Crippen LogP contribution in [-0.2, 0) is 9.63 Å². The van der Waals surface area contributed by atoms with Crippen LogP contribution in [0.25, 0.3) is 0 Å². The number of carboxylic acids is 1. The fourth-order valence-corrected chi connectivity index (χ4v) is 3.18. The standard InChI is InChI=1S/C17H13N5O9/c1-7(17(23)24)31-19-16-8-2-9(18)4-13(21(27)28)11(3-8)15-12(16)5-10(20(25)26)6-14(15)22(29)30/h2-7,11H,18H2,1H3,(H,23,24)/b19-16+/t7-,11?/m0/s1. The zero-order valence-electron chi connectivity index (χ0n) is 15.6. The van der Waals surface area contributed by atoms with Crippen LogP contribution in [-0.4, -0.2) is 37.7 Å². The molecule has 2 atom stereocenters. The highest BCUT2D eigenvalue weighted by Crippen LogP contribution is 2.44. The average molecular weight is 431 g/mol. The molecule has 0 saturated carbocycles. The highest BCUT2D eigenvalue weighted by molar-refractivity contribution is 6.17. The van der Waals surface area contributed by atoms with Gasteiger partial charge in [0.2, 0.25) is 6.10 Å².